The van der Waals surface area contributed by atoms with E-state index in [0.717, 1.165) is 0 Å². The number of hydrogen-bond donors (Lipinski definition) is 1. The predicted molar refractivity (Wildman–Crippen MR) is 77.8 cm³/mol. The Balaban J connectivity index is 0.00000256. The van der Waals surface area contributed by atoms with E-state index in [4.69, 9.17) is 0 Å². The van der Waals surface area contributed by atoms with Gasteiger partial charge in [0.2, 0.25) is 0 Å². The molecule has 3 nitrogen and oxygen atoms in total. The van der Waals surface area contributed by atoms with Crippen LogP contribution in [0, 0.1) is 0 Å². The molecule has 0 saturated carbocycles. The van der Waals surface area contributed by atoms with Gasteiger partial charge in [0.05, 0.1) is 0 Å². The van der Waals surface area contributed by atoms with Gasteiger partial charge in [0.25, 0.3) is 0 Å². The van der Waals surface area contributed by atoms with Gasteiger partial charge in [-0.05, 0) is 33.5 Å². The predicted octanol–water partition coefficient (Wildman–Crippen LogP) is 0.539. The molecule has 1 aromatic carbocycles. The summed E-state index contributed by atoms with van der Waals surface area (Å²) in [7, 11) is 0. The van der Waals surface area contributed by atoms with E-state index < -0.39 is 33.5 Å². The van der Waals surface area contributed by atoms with Crippen molar-refractivity contribution in [3.8, 4) is 0 Å². The Morgan fingerprint density at radius 1 is 0.882 bits per heavy atom. The van der Waals surface area contributed by atoms with E-state index in [2.05, 4.69) is 12.6 Å². The van der Waals surface area contributed by atoms with Crippen LogP contribution in [0.1, 0.15) is 0 Å². The standard InChI is InChI=1S/C9H12O3S4.Na.H/c1-14(10)6-4-7(15(2)11)9(13)8(5-6)16(3)12;;/h4-5,13H,1-3H3;;. The van der Waals surface area contributed by atoms with E-state index in [0.29, 0.717) is 19.6 Å². The molecule has 0 aliphatic carbocycles. The van der Waals surface area contributed by atoms with Crippen LogP contribution in [0.4, 0.5) is 0 Å². The van der Waals surface area contributed by atoms with Gasteiger partial charge in [-0.15, -0.1) is 12.6 Å². The first-order valence-corrected chi connectivity index (χ1v) is 9.34. The van der Waals surface area contributed by atoms with Gasteiger partial charge in [0, 0.05) is 12.1 Å². The van der Waals surface area contributed by atoms with Crippen molar-refractivity contribution in [3.05, 3.63) is 12.1 Å². The zero-order valence-electron chi connectivity index (χ0n) is 9.05. The summed E-state index contributed by atoms with van der Waals surface area (Å²) >= 11 is 0.548. The molecule has 17 heavy (non-hydrogen) atoms. The van der Waals surface area contributed by atoms with E-state index in [1.807, 2.05) is 0 Å². The second-order valence-corrected chi connectivity index (χ2v) is 7.65. The second-order valence-electron chi connectivity index (χ2n) is 3.13. The Morgan fingerprint density at radius 3 is 1.47 bits per heavy atom. The summed E-state index contributed by atoms with van der Waals surface area (Å²) in [5, 5.41) is 0. The van der Waals surface area contributed by atoms with Gasteiger partial charge in [0.15, 0.2) is 14.7 Å². The number of hydrogen-bond acceptors (Lipinski definition) is 4. The van der Waals surface area contributed by atoms with Gasteiger partial charge in [-0.25, -0.2) is 0 Å². The third-order valence-electron chi connectivity index (χ3n) is 1.96. The van der Waals surface area contributed by atoms with Crippen LogP contribution in [-0.4, -0.2) is 62.0 Å². The minimum atomic E-state index is -1.24. The SMILES string of the molecule is C[S+]([O-])c1cc([S+](C)[O-])c(S)c([S+](C)[O-])c1.[NaH]. The van der Waals surface area contributed by atoms with Crippen molar-refractivity contribution < 1.29 is 13.7 Å². The molecule has 0 amide bonds. The van der Waals surface area contributed by atoms with Crippen LogP contribution in [0.2, 0.25) is 0 Å². The Kier molecular flexibility index (Phi) is 8.64. The Hall–Kier alpha value is 1.50. The summed E-state index contributed by atoms with van der Waals surface area (Å²) in [5.74, 6) is 0. The van der Waals surface area contributed by atoms with Gasteiger partial charge in [-0.2, -0.15) is 0 Å². The molecule has 0 heterocycles. The monoisotopic (exact) mass is 320 g/mol. The van der Waals surface area contributed by atoms with Gasteiger partial charge >= 0.3 is 29.6 Å². The van der Waals surface area contributed by atoms with Crippen molar-refractivity contribution in [1.82, 2.24) is 0 Å². The Bertz CT molecular complexity index is 355. The molecule has 3 atom stereocenters. The van der Waals surface area contributed by atoms with E-state index in [9.17, 15) is 13.7 Å². The van der Waals surface area contributed by atoms with Gasteiger partial charge in [0.1, 0.15) is 23.7 Å². The van der Waals surface area contributed by atoms with Crippen molar-refractivity contribution in [2.75, 3.05) is 18.8 Å². The normalized spacial score (nSPS) is 15.9. The van der Waals surface area contributed by atoms with Crippen molar-refractivity contribution in [1.29, 1.82) is 0 Å². The number of rotatable bonds is 3. The van der Waals surface area contributed by atoms with Crippen molar-refractivity contribution in [3.63, 3.8) is 0 Å². The molecule has 1 rings (SSSR count). The van der Waals surface area contributed by atoms with E-state index in [1.54, 1.807) is 12.1 Å². The van der Waals surface area contributed by atoms with Crippen LogP contribution >= 0.6 is 12.6 Å². The first-order valence-electron chi connectivity index (χ1n) is 4.22. The molecule has 0 radical (unpaired) electrons. The summed E-state index contributed by atoms with van der Waals surface area (Å²) in [5.41, 5.74) is 0. The summed E-state index contributed by atoms with van der Waals surface area (Å²) < 4.78 is 34.4. The molecule has 92 valence electrons. The molecule has 0 aliphatic rings. The molecule has 0 N–H and O–H groups in total. The third-order valence-corrected chi connectivity index (χ3v) is 5.53. The summed E-state index contributed by atoms with van der Waals surface area (Å²) in [4.78, 5) is 1.92. The molecular formula is C9H13NaO3S4. The third kappa shape index (κ3) is 4.83. The van der Waals surface area contributed by atoms with E-state index >= 15 is 0 Å². The van der Waals surface area contributed by atoms with E-state index in [1.165, 1.54) is 18.8 Å². The van der Waals surface area contributed by atoms with Crippen LogP contribution in [0.3, 0.4) is 0 Å². The summed E-state index contributed by atoms with van der Waals surface area (Å²) in [6.45, 7) is 0. The molecular weight excluding hydrogens is 307 g/mol. The quantitative estimate of drug-likeness (QED) is 0.502. The van der Waals surface area contributed by atoms with Crippen LogP contribution < -0.4 is 0 Å². The first kappa shape index (κ1) is 18.5. The van der Waals surface area contributed by atoms with Crippen LogP contribution in [0.25, 0.3) is 0 Å². The van der Waals surface area contributed by atoms with Crippen LogP contribution in [-0.2, 0) is 33.5 Å². The fourth-order valence-corrected chi connectivity index (χ4v) is 4.19. The number of thiol groups is 1. The Labute approximate surface area is 138 Å². The molecule has 0 bridgehead atoms. The first-order chi connectivity index (χ1) is 7.34. The fraction of sp³-hybridized carbons (Fsp3) is 0.333. The molecule has 8 heteroatoms. The Morgan fingerprint density at radius 2 is 1.24 bits per heavy atom. The van der Waals surface area contributed by atoms with Crippen LogP contribution in [0.5, 0.6) is 0 Å². The molecule has 3 unspecified atom stereocenters. The van der Waals surface area contributed by atoms with Crippen LogP contribution in [0.15, 0.2) is 31.7 Å². The van der Waals surface area contributed by atoms with Gasteiger partial charge in [-0.1, -0.05) is 0 Å². The summed E-state index contributed by atoms with van der Waals surface area (Å²) in [6.07, 6.45) is 4.55. The maximum absolute atomic E-state index is 11.5. The van der Waals surface area contributed by atoms with Gasteiger partial charge < -0.3 is 13.7 Å². The molecule has 0 aromatic heterocycles. The van der Waals surface area contributed by atoms with E-state index in [-0.39, 0.29) is 29.6 Å². The zero-order valence-corrected chi connectivity index (χ0v) is 12.4. The average Bonchev–Trinajstić information content (AvgIpc) is 2.16. The molecule has 0 spiro atoms. The maximum atomic E-state index is 11.5. The summed E-state index contributed by atoms with van der Waals surface area (Å²) in [6, 6.07) is 3.18. The molecule has 0 aliphatic heterocycles. The van der Waals surface area contributed by atoms with Crippen molar-refractivity contribution in [2.45, 2.75) is 19.6 Å². The van der Waals surface area contributed by atoms with Gasteiger partial charge in [-0.3, -0.25) is 0 Å². The molecule has 0 saturated heterocycles. The average molecular weight is 320 g/mol. The minimum absolute atomic E-state index is 0. The molecule has 1 aromatic rings. The fourth-order valence-electron chi connectivity index (χ4n) is 1.16. The van der Waals surface area contributed by atoms with Crippen molar-refractivity contribution in [2.24, 2.45) is 0 Å². The molecule has 0 fully saturated rings. The second kappa shape index (κ2) is 7.94. The van der Waals surface area contributed by atoms with Crippen molar-refractivity contribution >= 4 is 75.7 Å². The topological polar surface area (TPSA) is 69.2 Å². The number of benzene rings is 1. The zero-order chi connectivity index (χ0) is 12.5.